The highest BCUT2D eigenvalue weighted by Gasteiger charge is 2.28. The maximum absolute atomic E-state index is 13.8. The summed E-state index contributed by atoms with van der Waals surface area (Å²) in [4.78, 5) is 0. The maximum atomic E-state index is 13.8. The fourth-order valence-electron chi connectivity index (χ4n) is 2.48. The molecule has 2 rings (SSSR count). The van der Waals surface area contributed by atoms with Crippen LogP contribution in [0.3, 0.4) is 0 Å². The highest BCUT2D eigenvalue weighted by Crippen LogP contribution is 2.22. The molecule has 0 spiro atoms. The highest BCUT2D eigenvalue weighted by molar-refractivity contribution is 7.91. The zero-order valence-corrected chi connectivity index (χ0v) is 12.4. The van der Waals surface area contributed by atoms with Gasteiger partial charge in [-0.1, -0.05) is 0 Å². The first-order valence-electron chi connectivity index (χ1n) is 6.68. The average Bonchev–Trinajstić information content (AvgIpc) is 2.70. The van der Waals surface area contributed by atoms with E-state index in [-0.39, 0.29) is 34.6 Å². The summed E-state index contributed by atoms with van der Waals surface area (Å²) in [5.41, 5.74) is 0.550. The number of nitrogens with one attached hydrogen (secondary N) is 1. The second-order valence-corrected chi connectivity index (χ2v) is 7.75. The summed E-state index contributed by atoms with van der Waals surface area (Å²) >= 11 is 0. The molecule has 0 amide bonds. The number of rotatable bonds is 4. The van der Waals surface area contributed by atoms with E-state index in [1.807, 2.05) is 0 Å². The lowest BCUT2D eigenvalue weighted by molar-refractivity contribution is 0.460. The van der Waals surface area contributed by atoms with Crippen LogP contribution in [0.2, 0.25) is 0 Å². The van der Waals surface area contributed by atoms with Crippen LogP contribution in [-0.4, -0.2) is 26.5 Å². The Hall–Kier alpha value is -1.01. The molecule has 6 heteroatoms. The van der Waals surface area contributed by atoms with E-state index in [1.54, 1.807) is 6.92 Å². The van der Waals surface area contributed by atoms with Gasteiger partial charge in [-0.25, -0.2) is 17.2 Å². The van der Waals surface area contributed by atoms with Crippen LogP contribution >= 0.6 is 0 Å². The molecule has 1 aromatic carbocycles. The minimum absolute atomic E-state index is 0.0563. The molecular weight excluding hydrogens is 284 g/mol. The van der Waals surface area contributed by atoms with E-state index in [1.165, 1.54) is 19.1 Å². The second-order valence-electron chi connectivity index (χ2n) is 5.52. The van der Waals surface area contributed by atoms with E-state index in [0.717, 1.165) is 0 Å². The minimum Gasteiger partial charge on any atom is -0.310 e. The van der Waals surface area contributed by atoms with Crippen LogP contribution in [0, 0.1) is 24.5 Å². The van der Waals surface area contributed by atoms with Gasteiger partial charge in [0.1, 0.15) is 11.6 Å². The van der Waals surface area contributed by atoms with Crippen molar-refractivity contribution in [2.45, 2.75) is 26.3 Å². The van der Waals surface area contributed by atoms with Crippen molar-refractivity contribution in [3.63, 3.8) is 0 Å². The van der Waals surface area contributed by atoms with E-state index in [9.17, 15) is 17.2 Å². The predicted octanol–water partition coefficient (Wildman–Crippen LogP) is 2.36. The Bertz CT molecular complexity index is 601. The molecule has 0 aromatic heterocycles. The zero-order chi connectivity index (χ0) is 14.9. The molecule has 1 N–H and O–H groups in total. The zero-order valence-electron chi connectivity index (χ0n) is 11.6. The van der Waals surface area contributed by atoms with Gasteiger partial charge < -0.3 is 5.32 Å². The van der Waals surface area contributed by atoms with Crippen LogP contribution in [-0.2, 0) is 9.84 Å². The maximum Gasteiger partial charge on any atom is 0.150 e. The van der Waals surface area contributed by atoms with Crippen molar-refractivity contribution in [1.29, 1.82) is 0 Å². The normalized spacial score (nSPS) is 22.9. The van der Waals surface area contributed by atoms with Gasteiger partial charge in [-0.2, -0.15) is 0 Å². The van der Waals surface area contributed by atoms with Gasteiger partial charge in [-0.3, -0.25) is 0 Å². The first kappa shape index (κ1) is 15.4. The Morgan fingerprint density at radius 3 is 2.65 bits per heavy atom. The molecule has 1 aliphatic heterocycles. The Balaban J connectivity index is 1.99. The third-order valence-corrected chi connectivity index (χ3v) is 5.62. The van der Waals surface area contributed by atoms with Gasteiger partial charge in [0, 0.05) is 11.6 Å². The summed E-state index contributed by atoms with van der Waals surface area (Å²) < 4.78 is 50.0. The number of aryl methyl sites for hydroxylation is 1. The smallest absolute Gasteiger partial charge is 0.150 e. The molecule has 0 bridgehead atoms. The Kier molecular flexibility index (Phi) is 4.44. The molecular formula is C14H19F2NO2S. The largest absolute Gasteiger partial charge is 0.310 e. The molecule has 1 aliphatic rings. The Morgan fingerprint density at radius 2 is 2.05 bits per heavy atom. The Labute approximate surface area is 118 Å². The molecule has 3 nitrogen and oxygen atoms in total. The fraction of sp³-hybridized carbons (Fsp3) is 0.571. The van der Waals surface area contributed by atoms with Gasteiger partial charge in [0.05, 0.1) is 11.5 Å². The molecule has 0 radical (unpaired) electrons. The number of halogens is 2. The second kappa shape index (κ2) is 5.77. The van der Waals surface area contributed by atoms with E-state index in [0.29, 0.717) is 13.0 Å². The number of sulfone groups is 1. The summed E-state index contributed by atoms with van der Waals surface area (Å²) in [5, 5.41) is 3.10. The van der Waals surface area contributed by atoms with Gasteiger partial charge in [-0.05, 0) is 50.4 Å². The summed E-state index contributed by atoms with van der Waals surface area (Å²) in [5.74, 6) is -0.416. The van der Waals surface area contributed by atoms with E-state index >= 15 is 0 Å². The van der Waals surface area contributed by atoms with Crippen LogP contribution in [0.1, 0.15) is 30.5 Å². The lowest BCUT2D eigenvalue weighted by atomic mass is 10.0. The summed E-state index contributed by atoms with van der Waals surface area (Å²) in [6.07, 6.45) is 0.632. The summed E-state index contributed by atoms with van der Waals surface area (Å²) in [6.45, 7) is 3.76. The van der Waals surface area contributed by atoms with Crippen LogP contribution in [0.4, 0.5) is 8.78 Å². The first-order chi connectivity index (χ1) is 9.28. The monoisotopic (exact) mass is 303 g/mol. The van der Waals surface area contributed by atoms with E-state index in [2.05, 4.69) is 5.32 Å². The van der Waals surface area contributed by atoms with Crippen molar-refractivity contribution in [3.05, 3.63) is 34.9 Å². The van der Waals surface area contributed by atoms with Crippen molar-refractivity contribution in [1.82, 2.24) is 5.32 Å². The third kappa shape index (κ3) is 3.55. The van der Waals surface area contributed by atoms with Crippen LogP contribution in [0.5, 0.6) is 0 Å². The van der Waals surface area contributed by atoms with E-state index < -0.39 is 21.5 Å². The van der Waals surface area contributed by atoms with Crippen molar-refractivity contribution in [2.75, 3.05) is 18.1 Å². The van der Waals surface area contributed by atoms with Crippen LogP contribution < -0.4 is 5.32 Å². The highest BCUT2D eigenvalue weighted by atomic mass is 32.2. The van der Waals surface area contributed by atoms with E-state index in [4.69, 9.17) is 0 Å². The molecule has 2 atom stereocenters. The fourth-order valence-corrected chi connectivity index (χ4v) is 4.34. The number of hydrogen-bond acceptors (Lipinski definition) is 3. The van der Waals surface area contributed by atoms with Gasteiger partial charge in [0.15, 0.2) is 9.84 Å². The van der Waals surface area contributed by atoms with Crippen molar-refractivity contribution in [2.24, 2.45) is 5.92 Å². The molecule has 0 saturated carbocycles. The topological polar surface area (TPSA) is 46.2 Å². The summed E-state index contributed by atoms with van der Waals surface area (Å²) in [7, 11) is -2.90. The molecule has 1 fully saturated rings. The first-order valence-corrected chi connectivity index (χ1v) is 8.50. The van der Waals surface area contributed by atoms with Crippen molar-refractivity contribution < 1.29 is 17.2 Å². The molecule has 1 heterocycles. The van der Waals surface area contributed by atoms with Crippen LogP contribution in [0.25, 0.3) is 0 Å². The molecule has 112 valence electrons. The van der Waals surface area contributed by atoms with Gasteiger partial charge in [0.25, 0.3) is 0 Å². The standard InChI is InChI=1S/C14H19F2NO2S/c1-9-5-14(16)12(6-13(9)15)10(2)17-7-11-3-4-20(18,19)8-11/h5-6,10-11,17H,3-4,7-8H2,1-2H3. The lowest BCUT2D eigenvalue weighted by Gasteiger charge is -2.18. The van der Waals surface area contributed by atoms with Crippen LogP contribution in [0.15, 0.2) is 12.1 Å². The molecule has 2 unspecified atom stereocenters. The molecule has 1 saturated heterocycles. The minimum atomic E-state index is -2.90. The Morgan fingerprint density at radius 1 is 1.35 bits per heavy atom. The van der Waals surface area contributed by atoms with Gasteiger partial charge in [0.2, 0.25) is 0 Å². The predicted molar refractivity (Wildman–Crippen MR) is 74.3 cm³/mol. The SMILES string of the molecule is Cc1cc(F)c(C(C)NCC2CCS(=O)(=O)C2)cc1F. The van der Waals surface area contributed by atoms with Gasteiger partial charge in [-0.15, -0.1) is 0 Å². The summed E-state index contributed by atoms with van der Waals surface area (Å²) in [6, 6.07) is 2.03. The van der Waals surface area contributed by atoms with Gasteiger partial charge >= 0.3 is 0 Å². The average molecular weight is 303 g/mol. The lowest BCUT2D eigenvalue weighted by Crippen LogP contribution is -2.27. The number of hydrogen-bond donors (Lipinski definition) is 1. The van der Waals surface area contributed by atoms with Crippen molar-refractivity contribution >= 4 is 9.84 Å². The molecule has 20 heavy (non-hydrogen) atoms. The third-order valence-electron chi connectivity index (χ3n) is 3.78. The quantitative estimate of drug-likeness (QED) is 0.929. The van der Waals surface area contributed by atoms with Crippen molar-refractivity contribution in [3.8, 4) is 0 Å². The molecule has 0 aliphatic carbocycles. The number of benzene rings is 1. The molecule has 1 aromatic rings.